The van der Waals surface area contributed by atoms with E-state index in [2.05, 4.69) is 5.32 Å². The number of hydrogen-bond donors (Lipinski definition) is 1. The topological polar surface area (TPSA) is 86.8 Å². The van der Waals surface area contributed by atoms with Crippen molar-refractivity contribution >= 4 is 50.7 Å². The molecule has 0 unspecified atom stereocenters. The highest BCUT2D eigenvalue weighted by Crippen LogP contribution is 2.31. The normalized spacial score (nSPS) is 12.2. The van der Waals surface area contributed by atoms with Gasteiger partial charge in [0.15, 0.2) is 0 Å². The van der Waals surface area contributed by atoms with Gasteiger partial charge in [-0.2, -0.15) is 0 Å². The summed E-state index contributed by atoms with van der Waals surface area (Å²) in [5, 5.41) is 3.05. The van der Waals surface area contributed by atoms with Crippen molar-refractivity contribution in [3.8, 4) is 0 Å². The predicted molar refractivity (Wildman–Crippen MR) is 147 cm³/mol. The van der Waals surface area contributed by atoms with Crippen LogP contribution in [-0.4, -0.2) is 43.8 Å². The van der Waals surface area contributed by atoms with Crippen LogP contribution in [-0.2, 0) is 26.2 Å². The van der Waals surface area contributed by atoms with Crippen molar-refractivity contribution in [2.45, 2.75) is 44.3 Å². The molecule has 0 fully saturated rings. The fourth-order valence-electron chi connectivity index (χ4n) is 3.69. The number of sulfonamides is 1. The summed E-state index contributed by atoms with van der Waals surface area (Å²) in [5.41, 5.74) is 0.277. The van der Waals surface area contributed by atoms with Crippen LogP contribution in [0.3, 0.4) is 0 Å². The van der Waals surface area contributed by atoms with Gasteiger partial charge in [0, 0.05) is 18.2 Å². The number of amides is 2. The fraction of sp³-hybridized carbons (Fsp3) is 0.259. The van der Waals surface area contributed by atoms with Crippen molar-refractivity contribution in [3.05, 3.63) is 94.2 Å². The summed E-state index contributed by atoms with van der Waals surface area (Å²) in [7, 11) is -4.25. The number of carbonyl (C=O) groups excluding carboxylic acids is 2. The van der Waals surface area contributed by atoms with Crippen molar-refractivity contribution in [2.24, 2.45) is 0 Å². The summed E-state index contributed by atoms with van der Waals surface area (Å²) in [6, 6.07) is 16.4. The van der Waals surface area contributed by atoms with Gasteiger partial charge in [-0.25, -0.2) is 12.8 Å². The lowest BCUT2D eigenvalue weighted by atomic mass is 10.1. The Labute approximate surface area is 232 Å². The van der Waals surface area contributed by atoms with E-state index in [-0.39, 0.29) is 38.8 Å². The van der Waals surface area contributed by atoms with Gasteiger partial charge in [-0.15, -0.1) is 0 Å². The van der Waals surface area contributed by atoms with Crippen LogP contribution in [0.2, 0.25) is 10.0 Å². The van der Waals surface area contributed by atoms with Crippen LogP contribution in [0.4, 0.5) is 10.1 Å². The molecule has 1 N–H and O–H groups in total. The number of hydrogen-bond acceptors (Lipinski definition) is 4. The maximum Gasteiger partial charge on any atom is 0.264 e. The Kier molecular flexibility index (Phi) is 9.76. The molecule has 0 radical (unpaired) electrons. The van der Waals surface area contributed by atoms with Crippen molar-refractivity contribution in [1.82, 2.24) is 10.2 Å². The Bertz CT molecular complexity index is 1400. The van der Waals surface area contributed by atoms with E-state index < -0.39 is 40.2 Å². The number of nitrogens with zero attached hydrogens (tertiary/aromatic N) is 2. The van der Waals surface area contributed by atoms with E-state index >= 15 is 0 Å². The van der Waals surface area contributed by atoms with Crippen LogP contribution < -0.4 is 9.62 Å². The van der Waals surface area contributed by atoms with Crippen LogP contribution in [0.1, 0.15) is 26.3 Å². The van der Waals surface area contributed by atoms with Crippen LogP contribution in [0, 0.1) is 5.82 Å². The van der Waals surface area contributed by atoms with E-state index in [1.54, 1.807) is 38.1 Å². The summed E-state index contributed by atoms with van der Waals surface area (Å²) in [4.78, 5) is 27.7. The third-order valence-corrected chi connectivity index (χ3v) is 8.23. The van der Waals surface area contributed by atoms with Gasteiger partial charge in [-0.1, -0.05) is 59.6 Å². The highest BCUT2D eigenvalue weighted by molar-refractivity contribution is 7.92. The molecular formula is C27H28Cl2FN3O4S. The maximum atomic E-state index is 14.5. The second-order valence-corrected chi connectivity index (χ2v) is 11.6. The maximum absolute atomic E-state index is 14.5. The first-order valence-corrected chi connectivity index (χ1v) is 14.0. The molecular weight excluding hydrogens is 552 g/mol. The standard InChI is InChI=1S/C27H28Cl2FN3O4S/c1-18(2)31-27(35)19(3)32(16-20-9-7-8-12-25(20)30)26(34)17-33(21-13-14-23(28)24(29)15-21)38(36,37)22-10-5-4-6-11-22/h4-15,18-19H,16-17H2,1-3H3,(H,31,35)/t19-/m1/s1. The summed E-state index contributed by atoms with van der Waals surface area (Å²) >= 11 is 12.2. The molecule has 0 aliphatic heterocycles. The van der Waals surface area contributed by atoms with Crippen molar-refractivity contribution in [1.29, 1.82) is 0 Å². The van der Waals surface area contributed by atoms with Crippen LogP contribution in [0.25, 0.3) is 0 Å². The van der Waals surface area contributed by atoms with Gasteiger partial charge in [-0.05, 0) is 57.2 Å². The van der Waals surface area contributed by atoms with Gasteiger partial charge in [0.25, 0.3) is 10.0 Å². The molecule has 3 aromatic rings. The Morgan fingerprint density at radius 1 is 0.921 bits per heavy atom. The molecule has 0 aliphatic rings. The molecule has 11 heteroatoms. The lowest BCUT2D eigenvalue weighted by Crippen LogP contribution is -2.52. The Balaban J connectivity index is 2.06. The number of anilines is 1. The number of nitrogens with one attached hydrogen (secondary N) is 1. The predicted octanol–water partition coefficient (Wildman–Crippen LogP) is 5.27. The van der Waals surface area contributed by atoms with Crippen molar-refractivity contribution in [2.75, 3.05) is 10.8 Å². The minimum Gasteiger partial charge on any atom is -0.352 e. The second kappa shape index (κ2) is 12.6. The van der Waals surface area contributed by atoms with Crippen LogP contribution >= 0.6 is 23.2 Å². The molecule has 0 saturated heterocycles. The summed E-state index contributed by atoms with van der Waals surface area (Å²) in [6.45, 7) is 4.12. The Morgan fingerprint density at radius 2 is 1.55 bits per heavy atom. The molecule has 3 aromatic carbocycles. The zero-order chi connectivity index (χ0) is 28.0. The highest BCUT2D eigenvalue weighted by atomic mass is 35.5. The molecule has 0 saturated carbocycles. The molecule has 7 nitrogen and oxygen atoms in total. The lowest BCUT2D eigenvalue weighted by Gasteiger charge is -2.32. The number of rotatable bonds is 10. The first-order valence-electron chi connectivity index (χ1n) is 11.8. The summed E-state index contributed by atoms with van der Waals surface area (Å²) in [6.07, 6.45) is 0. The third kappa shape index (κ3) is 7.03. The molecule has 1 atom stereocenters. The highest BCUT2D eigenvalue weighted by Gasteiger charge is 2.33. The van der Waals surface area contributed by atoms with E-state index in [0.29, 0.717) is 0 Å². The minimum absolute atomic E-state index is 0.0508. The molecule has 38 heavy (non-hydrogen) atoms. The van der Waals surface area contributed by atoms with E-state index in [1.807, 2.05) is 0 Å². The molecule has 2 amide bonds. The molecule has 202 valence electrons. The van der Waals surface area contributed by atoms with Crippen molar-refractivity contribution in [3.63, 3.8) is 0 Å². The van der Waals surface area contributed by atoms with Gasteiger partial charge < -0.3 is 10.2 Å². The lowest BCUT2D eigenvalue weighted by molar-refractivity contribution is -0.139. The van der Waals surface area contributed by atoms with Crippen LogP contribution in [0.5, 0.6) is 0 Å². The van der Waals surface area contributed by atoms with E-state index in [9.17, 15) is 22.4 Å². The number of carbonyl (C=O) groups is 2. The Morgan fingerprint density at radius 3 is 2.16 bits per heavy atom. The first kappa shape index (κ1) is 29.4. The smallest absolute Gasteiger partial charge is 0.264 e. The van der Waals surface area contributed by atoms with Gasteiger partial charge in [0.05, 0.1) is 20.6 Å². The quantitative estimate of drug-likeness (QED) is 0.354. The summed E-state index contributed by atoms with van der Waals surface area (Å²) in [5.74, 6) is -1.73. The molecule has 0 spiro atoms. The molecule has 0 aromatic heterocycles. The average Bonchev–Trinajstić information content (AvgIpc) is 2.88. The monoisotopic (exact) mass is 579 g/mol. The molecule has 3 rings (SSSR count). The van der Waals surface area contributed by atoms with Gasteiger partial charge in [0.2, 0.25) is 11.8 Å². The van der Waals surface area contributed by atoms with Crippen molar-refractivity contribution < 1.29 is 22.4 Å². The zero-order valence-electron chi connectivity index (χ0n) is 21.1. The SMILES string of the molecule is CC(C)NC(=O)[C@@H](C)N(Cc1ccccc1F)C(=O)CN(c1ccc(Cl)c(Cl)c1)S(=O)(=O)c1ccccc1. The number of halogens is 3. The van der Waals surface area contributed by atoms with Gasteiger partial charge in [-0.3, -0.25) is 13.9 Å². The summed E-state index contributed by atoms with van der Waals surface area (Å²) < 4.78 is 42.8. The van der Waals surface area contributed by atoms with Gasteiger partial charge >= 0.3 is 0 Å². The third-order valence-electron chi connectivity index (χ3n) is 5.70. The van der Waals surface area contributed by atoms with Crippen LogP contribution in [0.15, 0.2) is 77.7 Å². The first-order chi connectivity index (χ1) is 17.9. The molecule has 0 bridgehead atoms. The minimum atomic E-state index is -4.25. The molecule has 0 aliphatic carbocycles. The largest absolute Gasteiger partial charge is 0.352 e. The average molecular weight is 581 g/mol. The Hall–Kier alpha value is -3.14. The number of benzene rings is 3. The van der Waals surface area contributed by atoms with E-state index in [4.69, 9.17) is 23.2 Å². The molecule has 0 heterocycles. The zero-order valence-corrected chi connectivity index (χ0v) is 23.4. The fourth-order valence-corrected chi connectivity index (χ4v) is 5.41. The van der Waals surface area contributed by atoms with E-state index in [1.165, 1.54) is 55.5 Å². The van der Waals surface area contributed by atoms with E-state index in [0.717, 1.165) is 9.21 Å². The second-order valence-electron chi connectivity index (χ2n) is 8.88. The van der Waals surface area contributed by atoms with Gasteiger partial charge in [0.1, 0.15) is 18.4 Å².